The summed E-state index contributed by atoms with van der Waals surface area (Å²) in [6.07, 6.45) is -4.72. The molecule has 1 aromatic carbocycles. The van der Waals surface area contributed by atoms with E-state index in [0.29, 0.717) is 18.5 Å². The molecule has 3 heterocycles. The molecule has 10 nitrogen and oxygen atoms in total. The van der Waals surface area contributed by atoms with Crippen LogP contribution in [0.2, 0.25) is 0 Å². The highest BCUT2D eigenvalue weighted by Crippen LogP contribution is 2.65. The van der Waals surface area contributed by atoms with Gasteiger partial charge in [-0.1, -0.05) is 50.5 Å². The van der Waals surface area contributed by atoms with Gasteiger partial charge in [-0.15, -0.1) is 24.0 Å². The molecule has 252 valence electrons. The number of nitrogens with zero attached hydrogens (tertiary/aromatic N) is 2. The Labute approximate surface area is 282 Å². The molecule has 16 heteroatoms. The summed E-state index contributed by atoms with van der Waals surface area (Å²) in [6.45, 7) is 9.03. The molecule has 1 aromatic heterocycles. The van der Waals surface area contributed by atoms with Crippen LogP contribution in [-0.4, -0.2) is 76.0 Å². The van der Waals surface area contributed by atoms with Crippen LogP contribution < -0.4 is 16.0 Å². The lowest BCUT2D eigenvalue weighted by Gasteiger charge is -2.39. The van der Waals surface area contributed by atoms with Gasteiger partial charge in [-0.2, -0.15) is 13.2 Å². The fraction of sp³-hybridized carbons (Fsp3) is 0.633. The summed E-state index contributed by atoms with van der Waals surface area (Å²) in [5, 5.41) is 19.6. The number of amides is 4. The van der Waals surface area contributed by atoms with E-state index < -0.39 is 58.3 Å². The quantitative estimate of drug-likeness (QED) is 0.206. The normalized spacial score (nSPS) is 26.6. The molecule has 2 aliphatic heterocycles. The van der Waals surface area contributed by atoms with Crippen molar-refractivity contribution in [3.05, 3.63) is 27.7 Å². The molecule has 1 saturated carbocycles. The number of halogens is 4. The van der Waals surface area contributed by atoms with Crippen LogP contribution in [0.3, 0.4) is 0 Å². The van der Waals surface area contributed by atoms with Gasteiger partial charge in [-0.25, -0.2) is 4.98 Å². The second-order valence-corrected chi connectivity index (χ2v) is 16.7. The maximum atomic E-state index is 14.3. The maximum Gasteiger partial charge on any atom is 0.471 e. The zero-order chi connectivity index (χ0) is 34.1. The van der Waals surface area contributed by atoms with E-state index in [0.717, 1.165) is 9.17 Å². The predicted molar refractivity (Wildman–Crippen MR) is 172 cm³/mol. The van der Waals surface area contributed by atoms with Crippen LogP contribution in [0.1, 0.15) is 52.5 Å². The molecule has 0 spiro atoms. The van der Waals surface area contributed by atoms with Crippen molar-refractivity contribution in [3.63, 3.8) is 0 Å². The Kier molecular flexibility index (Phi) is 9.04. The monoisotopic (exact) mass is 747 g/mol. The maximum absolute atomic E-state index is 14.3. The van der Waals surface area contributed by atoms with Crippen molar-refractivity contribution < 1.29 is 37.5 Å². The molecular weight excluding hydrogens is 711 g/mol. The van der Waals surface area contributed by atoms with Gasteiger partial charge in [0.15, 0.2) is 4.93 Å². The van der Waals surface area contributed by atoms with E-state index in [1.165, 1.54) is 37.0 Å². The molecule has 46 heavy (non-hydrogen) atoms. The van der Waals surface area contributed by atoms with Gasteiger partial charge >= 0.3 is 12.1 Å². The third kappa shape index (κ3) is 6.50. The topological polar surface area (TPSA) is 141 Å². The Balaban J connectivity index is 1.47. The van der Waals surface area contributed by atoms with Gasteiger partial charge in [-0.3, -0.25) is 19.2 Å². The minimum Gasteiger partial charge on any atom is -0.371 e. The summed E-state index contributed by atoms with van der Waals surface area (Å²) in [4.78, 5) is 56.5. The summed E-state index contributed by atoms with van der Waals surface area (Å²) < 4.78 is 41.2. The lowest BCUT2D eigenvalue weighted by Crippen LogP contribution is -2.61. The van der Waals surface area contributed by atoms with Gasteiger partial charge in [0.25, 0.3) is 0 Å². The number of hydrogen-bond acceptors (Lipinski definition) is 8. The van der Waals surface area contributed by atoms with Crippen molar-refractivity contribution in [2.24, 2.45) is 28.6 Å². The molecule has 4 amide bonds. The number of likely N-dealkylation sites (tertiary alicyclic amines) is 1. The first-order valence-corrected chi connectivity index (χ1v) is 17.0. The number of fused-ring (bicyclic) bond motifs is 2. The van der Waals surface area contributed by atoms with E-state index in [2.05, 4.69) is 44.2 Å². The van der Waals surface area contributed by atoms with E-state index in [1.807, 2.05) is 31.3 Å². The average Bonchev–Trinajstić information content (AvgIpc) is 3.44. The van der Waals surface area contributed by atoms with Crippen molar-refractivity contribution in [1.29, 1.82) is 0 Å². The van der Waals surface area contributed by atoms with E-state index in [1.54, 1.807) is 6.07 Å². The van der Waals surface area contributed by atoms with Crippen LogP contribution in [0.4, 0.5) is 13.2 Å². The molecule has 3 fully saturated rings. The van der Waals surface area contributed by atoms with Gasteiger partial charge in [0.05, 0.1) is 16.3 Å². The van der Waals surface area contributed by atoms with Crippen molar-refractivity contribution in [1.82, 2.24) is 25.8 Å². The fourth-order valence-corrected chi connectivity index (χ4v) is 8.48. The van der Waals surface area contributed by atoms with E-state index >= 15 is 0 Å². The number of carbonyl (C=O) groups is 4. The Morgan fingerprint density at radius 2 is 1.91 bits per heavy atom. The standard InChI is InChI=1S/C30H37BrF3N5O5S2/c1-27(2,3)21(38-25(43)30(32,33)34)24(42)39-12-15-19(28(15,4)5)20(39)23(41)37-18(10-13-8-9-35-22(13)40)29(44,45)26-36-16-11-14(31)6-7-17(16)46-26/h6-7,11,13,15,18-21,44-45H,8-10,12H2,1-5H3,(H,35,40)(H,37,41)(H,38,43)/t13-,15-,18-,19-,20-,21-,29+/m0/s1. The number of nitrogens with one attached hydrogen (secondary N) is 3. The molecule has 1 aliphatic carbocycles. The second-order valence-electron chi connectivity index (χ2n) is 14.1. The van der Waals surface area contributed by atoms with Crippen LogP contribution >= 0.6 is 39.9 Å². The van der Waals surface area contributed by atoms with Crippen molar-refractivity contribution >= 4 is 73.7 Å². The number of thiazole rings is 1. The summed E-state index contributed by atoms with van der Waals surface area (Å²) in [6, 6.07) is 1.61. The lowest BCUT2D eigenvalue weighted by atomic mass is 9.85. The van der Waals surface area contributed by atoms with Crippen LogP contribution in [-0.2, 0) is 24.1 Å². The van der Waals surface area contributed by atoms with Gasteiger partial charge < -0.3 is 26.0 Å². The first-order chi connectivity index (χ1) is 21.1. The van der Waals surface area contributed by atoms with Gasteiger partial charge in [-0.05, 0) is 53.7 Å². The minimum atomic E-state index is -5.21. The summed E-state index contributed by atoms with van der Waals surface area (Å²) >= 11 is 9.19. The molecule has 2 aromatic rings. The van der Waals surface area contributed by atoms with Gasteiger partial charge in [0, 0.05) is 23.5 Å². The number of piperidine rings is 1. The number of carbonyl (C=O) groups excluding carboxylic acids is 4. The van der Waals surface area contributed by atoms with E-state index in [-0.39, 0.29) is 41.1 Å². The zero-order valence-corrected chi connectivity index (χ0v) is 29.2. The van der Waals surface area contributed by atoms with Gasteiger partial charge in [0.2, 0.25) is 17.7 Å². The Morgan fingerprint density at radius 3 is 2.50 bits per heavy atom. The first kappa shape index (κ1) is 34.9. The molecule has 4 N–H and O–H groups in total. The summed E-state index contributed by atoms with van der Waals surface area (Å²) in [5.41, 5.74) is -0.869. The molecule has 2 saturated heterocycles. The highest BCUT2D eigenvalue weighted by molar-refractivity contribution is 9.10. The van der Waals surface area contributed by atoms with E-state index in [9.17, 15) is 37.5 Å². The molecule has 0 radical (unpaired) electrons. The zero-order valence-electron chi connectivity index (χ0n) is 25.9. The van der Waals surface area contributed by atoms with Gasteiger partial charge in [0.1, 0.15) is 17.1 Å². The number of hydrogen-bond donors (Lipinski definition) is 5. The van der Waals surface area contributed by atoms with Crippen molar-refractivity contribution in [2.45, 2.75) is 76.7 Å². The smallest absolute Gasteiger partial charge is 0.371 e. The second kappa shape index (κ2) is 11.9. The predicted octanol–water partition coefficient (Wildman–Crippen LogP) is 3.72. The van der Waals surface area contributed by atoms with Crippen LogP contribution in [0.5, 0.6) is 0 Å². The Hall–Kier alpha value is -2.43. The number of thiol groups is 1. The van der Waals surface area contributed by atoms with Crippen LogP contribution in [0.15, 0.2) is 22.7 Å². The molecule has 5 rings (SSSR count). The van der Waals surface area contributed by atoms with E-state index in [4.69, 9.17) is 0 Å². The number of rotatable bonds is 8. The third-order valence-corrected chi connectivity index (χ3v) is 11.9. The largest absolute Gasteiger partial charge is 0.471 e. The number of benzene rings is 1. The molecule has 3 aliphatic rings. The lowest BCUT2D eigenvalue weighted by molar-refractivity contribution is -0.176. The fourth-order valence-electron chi connectivity index (χ4n) is 6.78. The van der Waals surface area contributed by atoms with Crippen LogP contribution in [0, 0.1) is 28.6 Å². The average molecular weight is 749 g/mol. The highest BCUT2D eigenvalue weighted by Gasteiger charge is 2.70. The number of aliphatic hydroxyl groups is 1. The summed E-state index contributed by atoms with van der Waals surface area (Å²) in [7, 11) is 0. The number of aromatic nitrogens is 1. The minimum absolute atomic E-state index is 0.0155. The number of alkyl halides is 3. The van der Waals surface area contributed by atoms with Crippen molar-refractivity contribution in [2.75, 3.05) is 13.1 Å². The first-order valence-electron chi connectivity index (χ1n) is 14.9. The molecular formula is C30H37BrF3N5O5S2. The molecule has 0 unspecified atom stereocenters. The summed E-state index contributed by atoms with van der Waals surface area (Å²) in [5.74, 6) is -4.89. The highest BCUT2D eigenvalue weighted by atomic mass is 79.9. The molecule has 0 bridgehead atoms. The van der Waals surface area contributed by atoms with Crippen molar-refractivity contribution in [3.8, 4) is 0 Å². The Morgan fingerprint density at radius 1 is 1.24 bits per heavy atom. The Bertz CT molecular complexity index is 1580. The molecule has 7 atom stereocenters. The van der Waals surface area contributed by atoms with Crippen LogP contribution in [0.25, 0.3) is 10.2 Å². The third-order valence-electron chi connectivity index (χ3n) is 9.56. The SMILES string of the molecule is CC(C)(C)[C@@H](NC(=O)C(F)(F)F)C(=O)N1C[C@H]2[C@@H]([C@H]1C(=O)N[C@@H](C[C@@H]1CCNC1=O)[C@@](O)(S)c1nc3cc(Br)ccc3s1)C2(C)C.